The first-order valence-electron chi connectivity index (χ1n) is 6.30. The Morgan fingerprint density at radius 2 is 2.11 bits per heavy atom. The van der Waals surface area contributed by atoms with Gasteiger partial charge >= 0.3 is 0 Å². The third-order valence-corrected chi connectivity index (χ3v) is 3.36. The van der Waals surface area contributed by atoms with Gasteiger partial charge in [-0.2, -0.15) is 0 Å². The molecule has 0 aliphatic heterocycles. The predicted molar refractivity (Wildman–Crippen MR) is 84.6 cm³/mol. The molecule has 1 aromatic carbocycles. The first kappa shape index (κ1) is 15.9. The van der Waals surface area contributed by atoms with Gasteiger partial charge in [-0.3, -0.25) is 0 Å². The minimum absolute atomic E-state index is 0.0610. The Morgan fingerprint density at radius 1 is 1.42 bits per heavy atom. The molecule has 0 heterocycles. The zero-order valence-corrected chi connectivity index (χ0v) is 13.1. The smallest absolute Gasteiger partial charge is 0.0526 e. The van der Waals surface area contributed by atoms with Crippen molar-refractivity contribution in [2.45, 2.75) is 26.8 Å². The quantitative estimate of drug-likeness (QED) is 0.746. The Kier molecular flexibility index (Phi) is 6.26. The van der Waals surface area contributed by atoms with Crippen LogP contribution in [0.1, 0.15) is 32.4 Å². The molecule has 0 fully saturated rings. The second-order valence-electron chi connectivity index (χ2n) is 4.24. The molecule has 0 amide bonds. The highest BCUT2D eigenvalue weighted by Gasteiger charge is 2.11. The lowest BCUT2D eigenvalue weighted by molar-refractivity contribution is 0.647. The van der Waals surface area contributed by atoms with Crippen molar-refractivity contribution in [3.63, 3.8) is 0 Å². The van der Waals surface area contributed by atoms with Crippen LogP contribution < -0.4 is 10.6 Å². The van der Waals surface area contributed by atoms with Crippen molar-refractivity contribution < 1.29 is 0 Å². The van der Waals surface area contributed by atoms with E-state index in [0.29, 0.717) is 10.0 Å². The highest BCUT2D eigenvalue weighted by molar-refractivity contribution is 6.35. The van der Waals surface area contributed by atoms with Crippen LogP contribution in [0.4, 0.5) is 0 Å². The molecule has 0 aliphatic rings. The Balaban J connectivity index is 2.79. The standard InChI is InChI=1S/C15H20Cl2N2/c1-5-15(18-6-2)11(4)19-10(3)13-8-7-12(16)9-14(13)17/h5,7-10,18-19H,4,6H2,1-3H3/b15-5+. The average Bonchev–Trinajstić information content (AvgIpc) is 2.35. The summed E-state index contributed by atoms with van der Waals surface area (Å²) in [6.07, 6.45) is 2.00. The maximum Gasteiger partial charge on any atom is 0.0526 e. The molecule has 0 saturated heterocycles. The molecule has 4 heteroatoms. The molecule has 0 bridgehead atoms. The molecule has 1 atom stereocenters. The topological polar surface area (TPSA) is 24.1 Å². The maximum absolute atomic E-state index is 6.20. The third-order valence-electron chi connectivity index (χ3n) is 2.80. The molecule has 1 rings (SSSR count). The lowest BCUT2D eigenvalue weighted by Crippen LogP contribution is -2.25. The summed E-state index contributed by atoms with van der Waals surface area (Å²) in [7, 11) is 0. The van der Waals surface area contributed by atoms with Crippen molar-refractivity contribution in [3.05, 3.63) is 57.9 Å². The van der Waals surface area contributed by atoms with Crippen molar-refractivity contribution in [3.8, 4) is 0 Å². The van der Waals surface area contributed by atoms with Crippen molar-refractivity contribution in [2.75, 3.05) is 6.54 Å². The molecular formula is C15H20Cl2N2. The molecule has 2 nitrogen and oxygen atoms in total. The molecule has 0 aliphatic carbocycles. The SMILES string of the molecule is C=C(NC(C)c1ccc(Cl)cc1Cl)/C(=C\C)NCC. The van der Waals surface area contributed by atoms with Crippen LogP contribution in [0, 0.1) is 0 Å². The summed E-state index contributed by atoms with van der Waals surface area (Å²) in [6.45, 7) is 11.0. The van der Waals surface area contributed by atoms with Crippen molar-refractivity contribution >= 4 is 23.2 Å². The lowest BCUT2D eigenvalue weighted by Gasteiger charge is -2.21. The van der Waals surface area contributed by atoms with Crippen LogP contribution in [0.15, 0.2) is 42.2 Å². The molecule has 1 unspecified atom stereocenters. The fourth-order valence-corrected chi connectivity index (χ4v) is 2.42. The lowest BCUT2D eigenvalue weighted by atomic mass is 10.1. The van der Waals surface area contributed by atoms with Crippen LogP contribution >= 0.6 is 23.2 Å². The van der Waals surface area contributed by atoms with Gasteiger partial charge in [0.05, 0.1) is 17.4 Å². The monoisotopic (exact) mass is 298 g/mol. The molecular weight excluding hydrogens is 279 g/mol. The van der Waals surface area contributed by atoms with E-state index in [4.69, 9.17) is 23.2 Å². The van der Waals surface area contributed by atoms with Gasteiger partial charge in [-0.1, -0.05) is 41.9 Å². The summed E-state index contributed by atoms with van der Waals surface area (Å²) in [5, 5.41) is 7.90. The number of hydrogen-bond acceptors (Lipinski definition) is 2. The van der Waals surface area contributed by atoms with Gasteiger partial charge in [-0.25, -0.2) is 0 Å². The van der Waals surface area contributed by atoms with Crippen LogP contribution in [-0.4, -0.2) is 6.54 Å². The van der Waals surface area contributed by atoms with Gasteiger partial charge in [0.25, 0.3) is 0 Å². The van der Waals surface area contributed by atoms with E-state index in [-0.39, 0.29) is 6.04 Å². The largest absolute Gasteiger partial charge is 0.384 e. The molecule has 0 radical (unpaired) electrons. The van der Waals surface area contributed by atoms with Crippen molar-refractivity contribution in [1.29, 1.82) is 0 Å². The summed E-state index contributed by atoms with van der Waals surface area (Å²) < 4.78 is 0. The molecule has 0 spiro atoms. The third kappa shape index (κ3) is 4.48. The predicted octanol–water partition coefficient (Wildman–Crippen LogP) is 4.67. The molecule has 1 aromatic rings. The molecule has 19 heavy (non-hydrogen) atoms. The number of benzene rings is 1. The van der Waals surface area contributed by atoms with Crippen LogP contribution in [0.25, 0.3) is 0 Å². The van der Waals surface area contributed by atoms with Crippen LogP contribution in [0.5, 0.6) is 0 Å². The van der Waals surface area contributed by atoms with E-state index in [9.17, 15) is 0 Å². The summed E-state index contributed by atoms with van der Waals surface area (Å²) >= 11 is 12.1. The highest BCUT2D eigenvalue weighted by Crippen LogP contribution is 2.26. The first-order chi connectivity index (χ1) is 8.99. The van der Waals surface area contributed by atoms with Gasteiger partial charge in [-0.15, -0.1) is 0 Å². The van der Waals surface area contributed by atoms with Crippen LogP contribution in [-0.2, 0) is 0 Å². The zero-order valence-electron chi connectivity index (χ0n) is 11.6. The fourth-order valence-electron chi connectivity index (χ4n) is 1.84. The number of nitrogens with one attached hydrogen (secondary N) is 2. The normalized spacial score (nSPS) is 13.0. The van der Waals surface area contributed by atoms with Crippen molar-refractivity contribution in [2.24, 2.45) is 0 Å². The molecule has 104 valence electrons. The van der Waals surface area contributed by atoms with Gasteiger partial charge in [0.1, 0.15) is 0 Å². The van der Waals surface area contributed by atoms with Crippen LogP contribution in [0.2, 0.25) is 10.0 Å². The molecule has 0 saturated carbocycles. The van der Waals surface area contributed by atoms with E-state index >= 15 is 0 Å². The van der Waals surface area contributed by atoms with E-state index in [1.165, 1.54) is 0 Å². The number of likely N-dealkylation sites (N-methyl/N-ethyl adjacent to an activating group) is 1. The van der Waals surface area contributed by atoms with Gasteiger partial charge in [-0.05, 0) is 38.5 Å². The van der Waals surface area contributed by atoms with Crippen molar-refractivity contribution in [1.82, 2.24) is 10.6 Å². The highest BCUT2D eigenvalue weighted by atomic mass is 35.5. The number of allylic oxidation sites excluding steroid dienone is 1. The second kappa shape index (κ2) is 7.46. The van der Waals surface area contributed by atoms with Gasteiger partial charge in [0.15, 0.2) is 0 Å². The second-order valence-corrected chi connectivity index (χ2v) is 5.09. The first-order valence-corrected chi connectivity index (χ1v) is 7.06. The number of rotatable bonds is 6. The Labute approximate surface area is 125 Å². The van der Waals surface area contributed by atoms with E-state index in [0.717, 1.165) is 23.5 Å². The number of hydrogen-bond donors (Lipinski definition) is 2. The summed E-state index contributed by atoms with van der Waals surface area (Å²) in [5.41, 5.74) is 2.85. The summed E-state index contributed by atoms with van der Waals surface area (Å²) in [6, 6.07) is 5.58. The fraction of sp³-hybridized carbons (Fsp3) is 0.333. The van der Waals surface area contributed by atoms with Gasteiger partial charge in [0, 0.05) is 16.6 Å². The molecule has 2 N–H and O–H groups in total. The Hall–Kier alpha value is -1.12. The zero-order chi connectivity index (χ0) is 14.4. The van der Waals surface area contributed by atoms with E-state index in [2.05, 4.69) is 24.1 Å². The van der Waals surface area contributed by atoms with E-state index < -0.39 is 0 Å². The minimum atomic E-state index is 0.0610. The summed E-state index contributed by atoms with van der Waals surface area (Å²) in [4.78, 5) is 0. The summed E-state index contributed by atoms with van der Waals surface area (Å²) in [5.74, 6) is 0. The minimum Gasteiger partial charge on any atom is -0.384 e. The Bertz CT molecular complexity index is 481. The average molecular weight is 299 g/mol. The van der Waals surface area contributed by atoms with Gasteiger partial charge < -0.3 is 10.6 Å². The number of halogens is 2. The van der Waals surface area contributed by atoms with E-state index in [1.807, 2.05) is 32.1 Å². The van der Waals surface area contributed by atoms with E-state index in [1.54, 1.807) is 6.07 Å². The van der Waals surface area contributed by atoms with Crippen LogP contribution in [0.3, 0.4) is 0 Å². The van der Waals surface area contributed by atoms with Gasteiger partial charge in [0.2, 0.25) is 0 Å². The maximum atomic E-state index is 6.20. The molecule has 0 aromatic heterocycles. The Morgan fingerprint density at radius 3 is 2.63 bits per heavy atom.